The lowest BCUT2D eigenvalue weighted by Crippen LogP contribution is -2.16. The van der Waals surface area contributed by atoms with Crippen LogP contribution in [-0.2, 0) is 10.0 Å². The van der Waals surface area contributed by atoms with Crippen molar-refractivity contribution >= 4 is 50.7 Å². The van der Waals surface area contributed by atoms with Crippen LogP contribution in [0.15, 0.2) is 82.6 Å². The number of nitrogens with one attached hydrogen (secondary N) is 2. The number of benzene rings is 3. The summed E-state index contributed by atoms with van der Waals surface area (Å²) in [5.74, 6) is -3.08. The highest BCUT2D eigenvalue weighted by molar-refractivity contribution is 7.99. The number of alkyl halides is 2. The van der Waals surface area contributed by atoms with Gasteiger partial charge in [0.05, 0.1) is 15.6 Å². The number of sulfonamides is 1. The molecule has 0 radical (unpaired) electrons. The summed E-state index contributed by atoms with van der Waals surface area (Å²) < 4.78 is 52.5. The average Bonchev–Trinajstić information content (AvgIpc) is 2.71. The van der Waals surface area contributed by atoms with Crippen molar-refractivity contribution in [2.75, 3.05) is 10.0 Å². The van der Waals surface area contributed by atoms with Gasteiger partial charge in [0.15, 0.2) is 0 Å². The highest BCUT2D eigenvalue weighted by atomic mass is 35.5. The first-order valence-electron chi connectivity index (χ1n) is 8.48. The van der Waals surface area contributed by atoms with Crippen LogP contribution < -0.4 is 10.0 Å². The third kappa shape index (κ3) is 5.71. The first-order chi connectivity index (χ1) is 14.2. The molecule has 30 heavy (non-hydrogen) atoms. The minimum atomic E-state index is -4.00. The van der Waals surface area contributed by atoms with Crippen molar-refractivity contribution in [1.82, 2.24) is 0 Å². The van der Waals surface area contributed by atoms with Gasteiger partial charge in [-0.2, -0.15) is 8.78 Å². The second kappa shape index (κ2) is 9.46. The predicted molar refractivity (Wildman–Crippen MR) is 115 cm³/mol. The number of rotatable bonds is 7. The van der Waals surface area contributed by atoms with Gasteiger partial charge in [0.1, 0.15) is 0 Å². The summed E-state index contributed by atoms with van der Waals surface area (Å²) in [6, 6.07) is 17.7. The van der Waals surface area contributed by atoms with Crippen LogP contribution >= 0.6 is 23.4 Å². The molecular formula is C20H15ClF2N2O3S2. The van der Waals surface area contributed by atoms with E-state index >= 15 is 0 Å². The van der Waals surface area contributed by atoms with Crippen LogP contribution in [0.5, 0.6) is 0 Å². The lowest BCUT2D eigenvalue weighted by Gasteiger charge is -2.11. The fourth-order valence-electron chi connectivity index (χ4n) is 2.48. The van der Waals surface area contributed by atoms with Crippen molar-refractivity contribution < 1.29 is 22.0 Å². The van der Waals surface area contributed by atoms with Crippen LogP contribution in [0.4, 0.5) is 20.2 Å². The average molecular weight is 469 g/mol. The molecule has 0 saturated carbocycles. The molecule has 0 heterocycles. The van der Waals surface area contributed by atoms with Gasteiger partial charge in [-0.05, 0) is 54.6 Å². The molecule has 3 aromatic rings. The zero-order chi connectivity index (χ0) is 21.7. The maximum atomic E-state index is 12.7. The molecule has 156 valence electrons. The summed E-state index contributed by atoms with van der Waals surface area (Å²) in [6.45, 7) is 0. The van der Waals surface area contributed by atoms with Crippen LogP contribution in [0.25, 0.3) is 0 Å². The zero-order valence-corrected chi connectivity index (χ0v) is 17.6. The number of hydrogen-bond donors (Lipinski definition) is 2. The van der Waals surface area contributed by atoms with Crippen molar-refractivity contribution in [2.45, 2.75) is 15.5 Å². The van der Waals surface area contributed by atoms with Crippen molar-refractivity contribution in [2.24, 2.45) is 0 Å². The molecule has 0 bridgehead atoms. The molecule has 0 aliphatic heterocycles. The minimum Gasteiger partial charge on any atom is -0.321 e. The topological polar surface area (TPSA) is 75.3 Å². The van der Waals surface area contributed by atoms with E-state index in [2.05, 4.69) is 10.0 Å². The van der Waals surface area contributed by atoms with Gasteiger partial charge in [-0.25, -0.2) is 8.42 Å². The summed E-state index contributed by atoms with van der Waals surface area (Å²) in [7, 11) is -4.00. The molecule has 0 aliphatic carbocycles. The largest absolute Gasteiger partial charge is 0.321 e. The summed E-state index contributed by atoms with van der Waals surface area (Å²) in [6.07, 6.45) is 0. The standard InChI is InChI=1S/C20H15ClF2N2O3S2/c21-17-6-1-2-7-18(17)24-19(26)13-4-3-5-16(12-13)30(27,28)25-14-8-10-15(11-9-14)29-20(22)23/h1-12,20,25H,(H,24,26). The van der Waals surface area contributed by atoms with Gasteiger partial charge in [0, 0.05) is 16.1 Å². The predicted octanol–water partition coefficient (Wildman–Crippen LogP) is 5.71. The van der Waals surface area contributed by atoms with Crippen LogP contribution in [0.1, 0.15) is 10.4 Å². The molecule has 2 N–H and O–H groups in total. The molecule has 3 rings (SSSR count). The Bertz CT molecular complexity index is 1160. The van der Waals surface area contributed by atoms with E-state index in [-0.39, 0.29) is 16.1 Å². The van der Waals surface area contributed by atoms with Gasteiger partial charge < -0.3 is 5.32 Å². The number of thioether (sulfide) groups is 1. The molecule has 10 heteroatoms. The van der Waals surface area contributed by atoms with Crippen LogP contribution in [0, 0.1) is 0 Å². The maximum absolute atomic E-state index is 12.7. The van der Waals surface area contributed by atoms with Gasteiger partial charge in [-0.1, -0.05) is 41.6 Å². The molecule has 5 nitrogen and oxygen atoms in total. The molecular weight excluding hydrogens is 454 g/mol. The quantitative estimate of drug-likeness (QED) is 0.435. The zero-order valence-electron chi connectivity index (χ0n) is 15.2. The Morgan fingerprint density at radius 1 is 0.967 bits per heavy atom. The molecule has 0 aromatic heterocycles. The Kier molecular flexibility index (Phi) is 6.96. The van der Waals surface area contributed by atoms with Crippen molar-refractivity contribution in [3.8, 4) is 0 Å². The number of halogens is 3. The number of carbonyl (C=O) groups excluding carboxylic acids is 1. The highest BCUT2D eigenvalue weighted by Gasteiger charge is 2.17. The molecule has 1 amide bonds. The molecule has 3 aromatic carbocycles. The van der Waals surface area contributed by atoms with Crippen molar-refractivity contribution in [3.05, 3.63) is 83.4 Å². The molecule has 0 fully saturated rings. The number of para-hydroxylation sites is 1. The summed E-state index contributed by atoms with van der Waals surface area (Å²) in [5, 5.41) is 2.98. The van der Waals surface area contributed by atoms with Gasteiger partial charge in [0.25, 0.3) is 21.7 Å². The van der Waals surface area contributed by atoms with E-state index in [1.54, 1.807) is 24.3 Å². The number of anilines is 2. The van der Waals surface area contributed by atoms with E-state index in [9.17, 15) is 22.0 Å². The first-order valence-corrected chi connectivity index (χ1v) is 11.2. The second-order valence-corrected chi connectivity index (χ2v) is 9.12. The van der Waals surface area contributed by atoms with Crippen molar-refractivity contribution in [1.29, 1.82) is 0 Å². The lowest BCUT2D eigenvalue weighted by molar-refractivity contribution is 0.102. The minimum absolute atomic E-state index is 0.125. The first kappa shape index (κ1) is 22.1. The molecule has 0 saturated heterocycles. The molecule has 0 spiro atoms. The fraction of sp³-hybridized carbons (Fsp3) is 0.0500. The Balaban J connectivity index is 1.77. The Morgan fingerprint density at radius 3 is 2.33 bits per heavy atom. The SMILES string of the molecule is O=C(Nc1ccccc1Cl)c1cccc(S(=O)(=O)Nc2ccc(SC(F)F)cc2)c1. The number of carbonyl (C=O) groups is 1. The van der Waals surface area contributed by atoms with Gasteiger partial charge >= 0.3 is 0 Å². The fourth-order valence-corrected chi connectivity index (χ4v) is 4.27. The van der Waals surface area contributed by atoms with Crippen LogP contribution in [-0.4, -0.2) is 20.1 Å². The Hall–Kier alpha value is -2.62. The van der Waals surface area contributed by atoms with Gasteiger partial charge in [-0.15, -0.1) is 0 Å². The summed E-state index contributed by atoms with van der Waals surface area (Å²) in [5.41, 5.74) is 0.735. The normalized spacial score (nSPS) is 11.3. The third-order valence-corrected chi connectivity index (χ3v) is 6.29. The van der Waals surface area contributed by atoms with E-state index in [0.29, 0.717) is 27.4 Å². The second-order valence-electron chi connectivity index (χ2n) is 5.97. The van der Waals surface area contributed by atoms with E-state index in [4.69, 9.17) is 11.6 Å². The van der Waals surface area contributed by atoms with E-state index in [0.717, 1.165) is 0 Å². The van der Waals surface area contributed by atoms with Crippen molar-refractivity contribution in [3.63, 3.8) is 0 Å². The van der Waals surface area contributed by atoms with Crippen LogP contribution in [0.3, 0.4) is 0 Å². The highest BCUT2D eigenvalue weighted by Crippen LogP contribution is 2.27. The smallest absolute Gasteiger partial charge is 0.288 e. The van der Waals surface area contributed by atoms with E-state index in [1.807, 2.05) is 0 Å². The molecule has 0 unspecified atom stereocenters. The third-order valence-electron chi connectivity index (χ3n) is 3.86. The van der Waals surface area contributed by atoms with Crippen LogP contribution in [0.2, 0.25) is 5.02 Å². The van der Waals surface area contributed by atoms with Gasteiger partial charge in [-0.3, -0.25) is 9.52 Å². The maximum Gasteiger partial charge on any atom is 0.288 e. The monoisotopic (exact) mass is 468 g/mol. The molecule has 0 aliphatic rings. The number of amides is 1. The van der Waals surface area contributed by atoms with E-state index in [1.165, 1.54) is 48.5 Å². The number of hydrogen-bond acceptors (Lipinski definition) is 4. The lowest BCUT2D eigenvalue weighted by atomic mass is 10.2. The Labute approximate surface area is 181 Å². The Morgan fingerprint density at radius 2 is 1.67 bits per heavy atom. The van der Waals surface area contributed by atoms with Gasteiger partial charge in [0.2, 0.25) is 0 Å². The molecule has 0 atom stereocenters. The summed E-state index contributed by atoms with van der Waals surface area (Å²) >= 11 is 6.39. The summed E-state index contributed by atoms with van der Waals surface area (Å²) in [4.78, 5) is 12.7. The van der Waals surface area contributed by atoms with E-state index < -0.39 is 21.7 Å².